The van der Waals surface area contributed by atoms with Crippen molar-refractivity contribution >= 4 is 56.0 Å². The fourth-order valence-electron chi connectivity index (χ4n) is 12.2. The quantitative estimate of drug-likeness (QED) is 0.156. The molecule has 0 amide bonds. The molecule has 7 aromatic carbocycles. The number of fused-ring (bicyclic) bond motifs is 6. The van der Waals surface area contributed by atoms with Crippen molar-refractivity contribution in [2.75, 3.05) is 0 Å². The Morgan fingerprint density at radius 2 is 1.00 bits per heavy atom. The summed E-state index contributed by atoms with van der Waals surface area (Å²) in [4.78, 5) is 0. The molecule has 0 radical (unpaired) electrons. The van der Waals surface area contributed by atoms with Crippen LogP contribution in [0, 0.1) is 23.7 Å². The Bertz CT molecular complexity index is 3690. The molecule has 7 aromatic rings. The highest BCUT2D eigenvalue weighted by Crippen LogP contribution is 2.44. The van der Waals surface area contributed by atoms with Crippen LogP contribution in [0.25, 0.3) is 78.2 Å². The maximum atomic E-state index is 2.51. The van der Waals surface area contributed by atoms with Crippen LogP contribution < -0.4 is 20.9 Å². The highest BCUT2D eigenvalue weighted by molar-refractivity contribution is 6.06. The van der Waals surface area contributed by atoms with Gasteiger partial charge in [0, 0.05) is 23.7 Å². The second-order valence-corrected chi connectivity index (χ2v) is 18.7. The summed E-state index contributed by atoms with van der Waals surface area (Å²) in [6, 6.07) is 52.9. The third kappa shape index (κ3) is 6.42. The van der Waals surface area contributed by atoms with Crippen LogP contribution in [-0.4, -0.2) is 0 Å². The van der Waals surface area contributed by atoms with E-state index in [1.54, 1.807) is 0 Å². The van der Waals surface area contributed by atoms with Crippen LogP contribution in [0.5, 0.6) is 0 Å². The van der Waals surface area contributed by atoms with E-state index in [0.717, 1.165) is 25.7 Å². The third-order valence-corrected chi connectivity index (χ3v) is 15.1. The molecule has 0 saturated carbocycles. The largest absolute Gasteiger partial charge is 0.0767 e. The van der Waals surface area contributed by atoms with Gasteiger partial charge in [-0.3, -0.25) is 0 Å². The van der Waals surface area contributed by atoms with E-state index in [0.29, 0.717) is 11.8 Å². The highest BCUT2D eigenvalue weighted by Gasteiger charge is 2.33. The Labute approximate surface area is 387 Å². The maximum absolute atomic E-state index is 2.51. The number of hydrogen-bond acceptors (Lipinski definition) is 0. The van der Waals surface area contributed by atoms with E-state index < -0.39 is 0 Å². The lowest BCUT2D eigenvalue weighted by Crippen LogP contribution is -2.40. The van der Waals surface area contributed by atoms with E-state index >= 15 is 0 Å². The van der Waals surface area contributed by atoms with Gasteiger partial charge in [0.05, 0.1) is 0 Å². The molecule has 0 N–H and O–H groups in total. The molecule has 13 rings (SSSR count). The van der Waals surface area contributed by atoms with Gasteiger partial charge < -0.3 is 0 Å². The topological polar surface area (TPSA) is 0 Å². The van der Waals surface area contributed by atoms with Crippen molar-refractivity contribution in [1.82, 2.24) is 0 Å². The van der Waals surface area contributed by atoms with Crippen LogP contribution in [-0.2, 0) is 0 Å². The molecule has 0 heteroatoms. The molecule has 0 heterocycles. The minimum Gasteiger partial charge on any atom is -0.0767 e. The van der Waals surface area contributed by atoms with Crippen LogP contribution in [0.1, 0.15) is 42.4 Å². The summed E-state index contributed by atoms with van der Waals surface area (Å²) in [5.41, 5.74) is 16.3. The third-order valence-electron chi connectivity index (χ3n) is 15.1. The fourth-order valence-corrected chi connectivity index (χ4v) is 12.2. The first kappa shape index (κ1) is 38.9. The molecular weight excluding hydrogens is 793 g/mol. The smallest absolute Gasteiger partial charge is 0.0137 e. The summed E-state index contributed by atoms with van der Waals surface area (Å²) in [6.45, 7) is 0. The van der Waals surface area contributed by atoms with Crippen molar-refractivity contribution in [3.63, 3.8) is 0 Å². The van der Waals surface area contributed by atoms with Gasteiger partial charge in [-0.2, -0.15) is 0 Å². The SMILES string of the molecule is C1=CC2C=CC=C(c3cccc(-c4c5c(c(-c6ccc(C7=c8ccccc8=C(C8=CC(c9cccc%10ccccc9%10)=CCC8)C8C=CC=CC78)cc6)c6ccccc46)=CCCC=5)c3)C2C=C1. The summed E-state index contributed by atoms with van der Waals surface area (Å²) < 4.78 is 0. The molecule has 0 fully saturated rings. The summed E-state index contributed by atoms with van der Waals surface area (Å²) >= 11 is 0. The van der Waals surface area contributed by atoms with Crippen LogP contribution in [0.15, 0.2) is 224 Å². The number of benzene rings is 7. The zero-order chi connectivity index (χ0) is 43.6. The molecule has 4 atom stereocenters. The molecule has 0 aliphatic heterocycles. The lowest BCUT2D eigenvalue weighted by atomic mass is 9.69. The normalized spacial score (nSPS) is 21.2. The summed E-state index contributed by atoms with van der Waals surface area (Å²) in [6.07, 6.45) is 39.6. The predicted octanol–water partition coefficient (Wildman–Crippen LogP) is 13.5. The van der Waals surface area contributed by atoms with Crippen molar-refractivity contribution in [1.29, 1.82) is 0 Å². The second kappa shape index (κ2) is 16.2. The van der Waals surface area contributed by atoms with Crippen LogP contribution >= 0.6 is 0 Å². The number of rotatable bonds is 6. The van der Waals surface area contributed by atoms with E-state index in [9.17, 15) is 0 Å². The zero-order valence-corrected chi connectivity index (χ0v) is 37.1. The van der Waals surface area contributed by atoms with Gasteiger partial charge in [0.1, 0.15) is 0 Å². The lowest BCUT2D eigenvalue weighted by molar-refractivity contribution is 0.678. The highest BCUT2D eigenvalue weighted by atomic mass is 14.4. The van der Waals surface area contributed by atoms with Crippen molar-refractivity contribution < 1.29 is 0 Å². The average Bonchev–Trinajstić information content (AvgIpc) is 3.39. The van der Waals surface area contributed by atoms with Gasteiger partial charge in [-0.15, -0.1) is 0 Å². The van der Waals surface area contributed by atoms with Gasteiger partial charge in [0.25, 0.3) is 0 Å². The molecule has 0 bridgehead atoms. The average molecular weight is 843 g/mol. The van der Waals surface area contributed by atoms with Gasteiger partial charge in [-0.05, 0) is 141 Å². The molecule has 0 nitrogen and oxygen atoms in total. The second-order valence-electron chi connectivity index (χ2n) is 18.7. The maximum Gasteiger partial charge on any atom is 0.0137 e. The molecule has 314 valence electrons. The van der Waals surface area contributed by atoms with Crippen molar-refractivity contribution in [2.24, 2.45) is 23.7 Å². The molecular formula is C66H50. The fraction of sp³-hybridized carbons (Fsp3) is 0.121. The molecule has 6 aliphatic carbocycles. The molecule has 0 aromatic heterocycles. The van der Waals surface area contributed by atoms with E-state index in [4.69, 9.17) is 0 Å². The van der Waals surface area contributed by atoms with Gasteiger partial charge in [0.15, 0.2) is 0 Å². The Morgan fingerprint density at radius 3 is 1.79 bits per heavy atom. The van der Waals surface area contributed by atoms with Gasteiger partial charge in [-0.1, -0.05) is 225 Å². The van der Waals surface area contributed by atoms with Crippen LogP contribution in [0.2, 0.25) is 0 Å². The van der Waals surface area contributed by atoms with Crippen LogP contribution in [0.4, 0.5) is 0 Å². The minimum absolute atomic E-state index is 0.238. The molecule has 0 saturated heterocycles. The standard InChI is InChI=1S/C66H50/c1-3-25-51-43(17-1)19-15-35-53(51)47-21-13-23-49(41-47)65-59-31-9-5-27-55(59)63(56-28-6-10-32-60(56)65)45-37-39-46(40-38-45)64-57-29-7-11-33-61(57)66(62-34-12-8-30-58(62)64)50-24-14-22-48(42-50)54-36-16-20-44-18-2-4-26-52(44)54/h1-7,9-11,14-22,24-42,44,52,55,59H,8,12-13,23H2. The number of allylic oxidation sites excluding steroid dienone is 16. The Balaban J connectivity index is 0.937. The lowest BCUT2D eigenvalue weighted by Gasteiger charge is -2.35. The Kier molecular flexibility index (Phi) is 9.52. The molecule has 6 aliphatic rings. The Hall–Kier alpha value is -7.54. The summed E-state index contributed by atoms with van der Waals surface area (Å²) in [5, 5.41) is 10.7. The minimum atomic E-state index is 0.238. The van der Waals surface area contributed by atoms with Crippen molar-refractivity contribution in [3.05, 3.63) is 262 Å². The van der Waals surface area contributed by atoms with E-state index in [2.05, 4.69) is 231 Å². The number of hydrogen-bond donors (Lipinski definition) is 0. The predicted molar refractivity (Wildman–Crippen MR) is 281 cm³/mol. The zero-order valence-electron chi connectivity index (χ0n) is 37.1. The van der Waals surface area contributed by atoms with Crippen molar-refractivity contribution in [3.8, 4) is 22.3 Å². The van der Waals surface area contributed by atoms with E-state index in [-0.39, 0.29) is 11.8 Å². The van der Waals surface area contributed by atoms with Crippen molar-refractivity contribution in [2.45, 2.75) is 25.7 Å². The van der Waals surface area contributed by atoms with Gasteiger partial charge in [0.2, 0.25) is 0 Å². The molecule has 0 spiro atoms. The first-order valence-electron chi connectivity index (χ1n) is 24.0. The molecule has 4 unspecified atom stereocenters. The monoisotopic (exact) mass is 842 g/mol. The van der Waals surface area contributed by atoms with Gasteiger partial charge in [-0.25, -0.2) is 0 Å². The molecule has 66 heavy (non-hydrogen) atoms. The van der Waals surface area contributed by atoms with E-state index in [1.807, 2.05) is 0 Å². The first-order valence-corrected chi connectivity index (χ1v) is 24.0. The summed E-state index contributed by atoms with van der Waals surface area (Å²) in [7, 11) is 0. The summed E-state index contributed by atoms with van der Waals surface area (Å²) in [5.74, 6) is 1.27. The first-order chi connectivity index (χ1) is 32.8. The van der Waals surface area contributed by atoms with E-state index in [1.165, 1.54) is 109 Å². The van der Waals surface area contributed by atoms with Gasteiger partial charge >= 0.3 is 0 Å². The van der Waals surface area contributed by atoms with Crippen LogP contribution in [0.3, 0.4) is 0 Å². The Morgan fingerprint density at radius 1 is 0.409 bits per heavy atom.